The number of fused-ring (bicyclic) bond motifs is 2. The molecule has 2 saturated carbocycles. The molecule has 3 fully saturated rings. The van der Waals surface area contributed by atoms with Gasteiger partial charge in [-0.15, -0.1) is 11.3 Å². The third-order valence-corrected chi connectivity index (χ3v) is 11.5. The van der Waals surface area contributed by atoms with Crippen LogP contribution in [0.5, 0.6) is 5.75 Å². The van der Waals surface area contributed by atoms with Crippen LogP contribution in [0.3, 0.4) is 0 Å². The number of aryl methyl sites for hydroxylation is 1. The van der Waals surface area contributed by atoms with Crippen molar-refractivity contribution >= 4 is 69.6 Å². The van der Waals surface area contributed by atoms with Crippen molar-refractivity contribution in [1.82, 2.24) is 10.2 Å². The van der Waals surface area contributed by atoms with Crippen LogP contribution in [0.4, 0.5) is 4.79 Å². The van der Waals surface area contributed by atoms with Crippen LogP contribution in [-0.2, 0) is 30.3 Å². The number of ether oxygens (including phenoxy) is 3. The van der Waals surface area contributed by atoms with Gasteiger partial charge in [-0.2, -0.15) is 0 Å². The summed E-state index contributed by atoms with van der Waals surface area (Å²) in [4.78, 5) is 54.7. The lowest BCUT2D eigenvalue weighted by Gasteiger charge is -2.30. The van der Waals surface area contributed by atoms with Gasteiger partial charge in [0.15, 0.2) is 0 Å². The number of thioether (sulfide) groups is 1. The maximum absolute atomic E-state index is 13.7. The molecule has 1 aromatic carbocycles. The number of hydrogen-bond acceptors (Lipinski definition) is 10. The molecule has 1 saturated heterocycles. The average molecular weight is 728 g/mol. The molecule has 3 N–H and O–H groups in total. The summed E-state index contributed by atoms with van der Waals surface area (Å²) in [7, 11) is 1.65. The SMILES string of the molecule is COc1cccc(-c2cc(CCCCCOC(=O)[C@H](CC(N)=O)NC(=O)OC(C)(C)C)c(C=C3SC(=S)N(C4CC5CCC4C5)C3=O)s2)c1. The lowest BCUT2D eigenvalue weighted by Crippen LogP contribution is -2.46. The molecule has 1 aliphatic heterocycles. The maximum atomic E-state index is 13.7. The van der Waals surface area contributed by atoms with Crippen LogP contribution in [0.25, 0.3) is 16.5 Å². The van der Waals surface area contributed by atoms with Crippen LogP contribution in [0.15, 0.2) is 35.2 Å². The van der Waals surface area contributed by atoms with Crippen LogP contribution in [0, 0.1) is 11.8 Å². The van der Waals surface area contributed by atoms with E-state index in [1.165, 1.54) is 31.0 Å². The Morgan fingerprint density at radius 1 is 1.14 bits per heavy atom. The monoisotopic (exact) mass is 727 g/mol. The molecule has 1 aromatic heterocycles. The summed E-state index contributed by atoms with van der Waals surface area (Å²) >= 11 is 8.79. The standard InChI is InChI=1S/C36H45N3O7S3/c1-36(2,3)46-34(43)38-26(19-31(37)40)33(42)45-14-7-5-6-9-24-18-28(23-10-8-11-25(17-23)44-4)48-29(24)20-30-32(41)39(35(47)49-30)27-16-21-12-13-22(27)15-21/h8,10-11,17-18,20-22,26-27H,5-7,9,12-16,19H2,1-4H3,(H2,37,40)(H,38,43)/t21?,22?,26-,27?/m0/s1. The van der Waals surface area contributed by atoms with Gasteiger partial charge in [0.1, 0.15) is 21.7 Å². The Kier molecular flexibility index (Phi) is 12.1. The van der Waals surface area contributed by atoms with Crippen molar-refractivity contribution in [2.75, 3.05) is 13.7 Å². The zero-order valence-corrected chi connectivity index (χ0v) is 30.9. The van der Waals surface area contributed by atoms with Crippen molar-refractivity contribution < 1.29 is 33.4 Å². The lowest BCUT2D eigenvalue weighted by molar-refractivity contribution is -0.147. The van der Waals surface area contributed by atoms with Crippen molar-refractivity contribution in [1.29, 1.82) is 0 Å². The molecule has 3 unspecified atom stereocenters. The maximum Gasteiger partial charge on any atom is 0.408 e. The lowest BCUT2D eigenvalue weighted by atomic mass is 9.94. The van der Waals surface area contributed by atoms with E-state index >= 15 is 0 Å². The first-order chi connectivity index (χ1) is 23.3. The van der Waals surface area contributed by atoms with E-state index < -0.39 is 36.0 Å². The van der Waals surface area contributed by atoms with E-state index in [0.717, 1.165) is 52.3 Å². The van der Waals surface area contributed by atoms with E-state index in [2.05, 4.69) is 11.4 Å². The van der Waals surface area contributed by atoms with Gasteiger partial charge in [-0.3, -0.25) is 14.5 Å². The Hall–Kier alpha value is -3.42. The first-order valence-corrected chi connectivity index (χ1v) is 18.8. The summed E-state index contributed by atoms with van der Waals surface area (Å²) in [6.45, 7) is 5.21. The molecule has 49 heavy (non-hydrogen) atoms. The number of alkyl carbamates (subject to hydrolysis) is 1. The molecule has 5 rings (SSSR count). The fourth-order valence-corrected chi connectivity index (χ4v) is 9.38. The highest BCUT2D eigenvalue weighted by molar-refractivity contribution is 8.26. The molecule has 2 bridgehead atoms. The van der Waals surface area contributed by atoms with Crippen molar-refractivity contribution in [2.45, 2.75) is 96.2 Å². The van der Waals surface area contributed by atoms with Crippen molar-refractivity contribution in [3.05, 3.63) is 45.7 Å². The number of thiophene rings is 1. The zero-order chi connectivity index (χ0) is 35.3. The van der Waals surface area contributed by atoms with Crippen molar-refractivity contribution in [2.24, 2.45) is 17.6 Å². The van der Waals surface area contributed by atoms with E-state index in [4.69, 9.17) is 32.2 Å². The number of nitrogens with one attached hydrogen (secondary N) is 1. The Labute approximate surface area is 301 Å². The van der Waals surface area contributed by atoms with Gasteiger partial charge in [0.05, 0.1) is 25.0 Å². The molecule has 2 heterocycles. The van der Waals surface area contributed by atoms with Gasteiger partial charge in [-0.05, 0) is 113 Å². The number of rotatable bonds is 14. The number of hydrogen-bond donors (Lipinski definition) is 2. The molecule has 2 aliphatic carbocycles. The fraction of sp³-hybridized carbons (Fsp3) is 0.528. The number of methoxy groups -OCH3 is 1. The highest BCUT2D eigenvalue weighted by Gasteiger charge is 2.48. The normalized spacial score (nSPS) is 21.7. The Morgan fingerprint density at radius 2 is 1.94 bits per heavy atom. The molecular weight excluding hydrogens is 683 g/mol. The summed E-state index contributed by atoms with van der Waals surface area (Å²) in [6.07, 6.45) is 8.42. The Morgan fingerprint density at radius 3 is 2.61 bits per heavy atom. The molecule has 10 nitrogen and oxygen atoms in total. The van der Waals surface area contributed by atoms with Crippen molar-refractivity contribution in [3.8, 4) is 16.2 Å². The summed E-state index contributed by atoms with van der Waals surface area (Å²) in [6, 6.07) is 9.11. The van der Waals surface area contributed by atoms with Gasteiger partial charge in [-0.1, -0.05) is 42.5 Å². The number of esters is 1. The van der Waals surface area contributed by atoms with E-state index in [1.807, 2.05) is 35.2 Å². The molecule has 4 atom stereocenters. The van der Waals surface area contributed by atoms with Gasteiger partial charge in [-0.25, -0.2) is 9.59 Å². The Bertz CT molecular complexity index is 1610. The number of nitrogens with zero attached hydrogens (tertiary/aromatic N) is 1. The highest BCUT2D eigenvalue weighted by atomic mass is 32.2. The number of unbranched alkanes of at least 4 members (excludes halogenated alkanes) is 2. The largest absolute Gasteiger partial charge is 0.497 e. The number of thiocarbonyl (C=S) groups is 1. The summed E-state index contributed by atoms with van der Waals surface area (Å²) in [5, 5.41) is 2.38. The summed E-state index contributed by atoms with van der Waals surface area (Å²) in [5.74, 6) is 0.577. The summed E-state index contributed by atoms with van der Waals surface area (Å²) in [5.41, 5.74) is 6.69. The zero-order valence-electron chi connectivity index (χ0n) is 28.5. The minimum atomic E-state index is -1.23. The smallest absolute Gasteiger partial charge is 0.408 e. The van der Waals surface area contributed by atoms with Crippen LogP contribution >= 0.6 is 35.3 Å². The first kappa shape index (κ1) is 36.9. The molecular formula is C36H45N3O7S3. The molecule has 2 aromatic rings. The molecule has 13 heteroatoms. The fourth-order valence-electron chi connectivity index (χ4n) is 6.80. The molecule has 0 spiro atoms. The molecule has 264 valence electrons. The van der Waals surface area contributed by atoms with Crippen LogP contribution in [0.1, 0.15) is 82.6 Å². The van der Waals surface area contributed by atoms with E-state index in [-0.39, 0.29) is 18.6 Å². The van der Waals surface area contributed by atoms with E-state index in [9.17, 15) is 19.2 Å². The predicted molar refractivity (Wildman–Crippen MR) is 196 cm³/mol. The van der Waals surface area contributed by atoms with Gasteiger partial charge >= 0.3 is 12.1 Å². The molecule has 0 radical (unpaired) electrons. The van der Waals surface area contributed by atoms with E-state index in [0.29, 0.717) is 27.5 Å². The van der Waals surface area contributed by atoms with Gasteiger partial charge in [0, 0.05) is 15.8 Å². The topological polar surface area (TPSA) is 137 Å². The number of carbonyl (C=O) groups is 4. The Balaban J connectivity index is 1.21. The van der Waals surface area contributed by atoms with Gasteiger partial charge in [0.25, 0.3) is 5.91 Å². The minimum Gasteiger partial charge on any atom is -0.497 e. The molecule has 3 amide bonds. The molecule has 3 aliphatic rings. The minimum absolute atomic E-state index is 0.0208. The predicted octanol–water partition coefficient (Wildman–Crippen LogP) is 6.84. The summed E-state index contributed by atoms with van der Waals surface area (Å²) < 4.78 is 16.7. The number of amides is 3. The van der Waals surface area contributed by atoms with Crippen LogP contribution in [-0.4, -0.2) is 64.5 Å². The van der Waals surface area contributed by atoms with Gasteiger partial charge in [0.2, 0.25) is 5.91 Å². The second-order valence-electron chi connectivity index (χ2n) is 13.9. The number of primary amides is 1. The third-order valence-electron chi connectivity index (χ3n) is 9.03. The second kappa shape index (κ2) is 16.1. The van der Waals surface area contributed by atoms with Crippen LogP contribution in [0.2, 0.25) is 0 Å². The second-order valence-corrected chi connectivity index (χ2v) is 16.6. The number of benzene rings is 1. The first-order valence-electron chi connectivity index (χ1n) is 16.8. The highest BCUT2D eigenvalue weighted by Crippen LogP contribution is 2.50. The van der Waals surface area contributed by atoms with Crippen LogP contribution < -0.4 is 15.8 Å². The van der Waals surface area contributed by atoms with Crippen molar-refractivity contribution in [3.63, 3.8) is 0 Å². The van der Waals surface area contributed by atoms with Gasteiger partial charge < -0.3 is 25.3 Å². The third kappa shape index (κ3) is 9.64. The quantitative estimate of drug-likeness (QED) is 0.0928. The number of carbonyl (C=O) groups excluding carboxylic acids is 4. The number of nitrogens with two attached hydrogens (primary N) is 1. The van der Waals surface area contributed by atoms with E-state index in [1.54, 1.807) is 39.2 Å². The average Bonchev–Trinajstić information content (AvgIpc) is 3.82.